The van der Waals surface area contributed by atoms with Crippen LogP contribution in [0.2, 0.25) is 0 Å². The van der Waals surface area contributed by atoms with E-state index in [2.05, 4.69) is 20.5 Å². The summed E-state index contributed by atoms with van der Waals surface area (Å²) in [6, 6.07) is 8.08. The quantitative estimate of drug-likeness (QED) is 0.488. The summed E-state index contributed by atoms with van der Waals surface area (Å²) in [6.07, 6.45) is 3.97. The van der Waals surface area contributed by atoms with E-state index in [1.165, 1.54) is 39.1 Å². The third-order valence-electron chi connectivity index (χ3n) is 5.12. The molecule has 152 valence electrons. The van der Waals surface area contributed by atoms with Crippen LogP contribution in [0.1, 0.15) is 35.8 Å². The standard InChI is InChI=1S/C21H19N5O2S2/c1-12-2-4-13(5-3-12)15-10-29-19-17(15)20(28)26(11-22-19)9-8-16(27)23-21-25-24-18(30-21)14-6-7-14/h2-5,10-11,14H,6-9H2,1H3,(H,23,25,27). The van der Waals surface area contributed by atoms with E-state index in [-0.39, 0.29) is 24.4 Å². The summed E-state index contributed by atoms with van der Waals surface area (Å²) in [5.74, 6) is 0.322. The number of aryl methyl sites for hydroxylation is 2. The second kappa shape index (κ2) is 7.73. The highest BCUT2D eigenvalue weighted by atomic mass is 32.1. The molecule has 0 bridgehead atoms. The highest BCUT2D eigenvalue weighted by molar-refractivity contribution is 7.17. The van der Waals surface area contributed by atoms with E-state index in [0.29, 0.717) is 21.3 Å². The molecule has 7 nitrogen and oxygen atoms in total. The first kappa shape index (κ1) is 19.1. The third-order valence-corrected chi connectivity index (χ3v) is 7.00. The molecule has 30 heavy (non-hydrogen) atoms. The Balaban J connectivity index is 1.33. The summed E-state index contributed by atoms with van der Waals surface area (Å²) < 4.78 is 1.50. The van der Waals surface area contributed by atoms with Crippen LogP contribution >= 0.6 is 22.7 Å². The second-order valence-electron chi connectivity index (χ2n) is 7.46. The van der Waals surface area contributed by atoms with Crippen LogP contribution in [0.3, 0.4) is 0 Å². The van der Waals surface area contributed by atoms with Gasteiger partial charge in [-0.05, 0) is 25.3 Å². The molecule has 1 aromatic carbocycles. The van der Waals surface area contributed by atoms with Crippen molar-refractivity contribution in [1.29, 1.82) is 0 Å². The van der Waals surface area contributed by atoms with Crippen LogP contribution in [0, 0.1) is 6.92 Å². The Kier molecular flexibility index (Phi) is 4.92. The van der Waals surface area contributed by atoms with Crippen molar-refractivity contribution in [3.63, 3.8) is 0 Å². The second-order valence-corrected chi connectivity index (χ2v) is 9.32. The van der Waals surface area contributed by atoms with E-state index < -0.39 is 0 Å². The monoisotopic (exact) mass is 437 g/mol. The molecule has 0 atom stereocenters. The number of carbonyl (C=O) groups excluding carboxylic acids is 1. The normalized spacial score (nSPS) is 13.6. The van der Waals surface area contributed by atoms with E-state index in [1.807, 2.05) is 36.6 Å². The number of anilines is 1. The topological polar surface area (TPSA) is 89.8 Å². The Morgan fingerprint density at radius 2 is 2.03 bits per heavy atom. The van der Waals surface area contributed by atoms with Crippen LogP contribution in [-0.2, 0) is 11.3 Å². The van der Waals surface area contributed by atoms with Crippen molar-refractivity contribution in [3.05, 3.63) is 56.9 Å². The maximum atomic E-state index is 13.1. The van der Waals surface area contributed by atoms with Crippen LogP contribution in [-0.4, -0.2) is 25.7 Å². The Labute approximate surface area is 180 Å². The Hall–Kier alpha value is -2.91. The molecule has 0 unspecified atom stereocenters. The highest BCUT2D eigenvalue weighted by Gasteiger charge is 2.27. The average molecular weight is 438 g/mol. The summed E-state index contributed by atoms with van der Waals surface area (Å²) in [6.45, 7) is 2.29. The van der Waals surface area contributed by atoms with Gasteiger partial charge in [-0.2, -0.15) is 0 Å². The molecule has 9 heteroatoms. The van der Waals surface area contributed by atoms with Crippen molar-refractivity contribution in [2.75, 3.05) is 5.32 Å². The Morgan fingerprint density at radius 1 is 1.23 bits per heavy atom. The predicted octanol–water partition coefficient (Wildman–Crippen LogP) is 4.19. The first-order valence-corrected chi connectivity index (χ1v) is 11.4. The molecule has 0 spiro atoms. The molecule has 3 heterocycles. The number of nitrogens with zero attached hydrogens (tertiary/aromatic N) is 4. The number of hydrogen-bond donors (Lipinski definition) is 1. The van der Waals surface area contributed by atoms with Crippen LogP contribution in [0.4, 0.5) is 5.13 Å². The van der Waals surface area contributed by atoms with Gasteiger partial charge in [-0.25, -0.2) is 4.98 Å². The Morgan fingerprint density at radius 3 is 2.80 bits per heavy atom. The van der Waals surface area contributed by atoms with Crippen molar-refractivity contribution < 1.29 is 4.79 Å². The van der Waals surface area contributed by atoms with Crippen molar-refractivity contribution in [2.45, 2.75) is 38.6 Å². The maximum absolute atomic E-state index is 13.1. The van der Waals surface area contributed by atoms with E-state index >= 15 is 0 Å². The lowest BCUT2D eigenvalue weighted by molar-refractivity contribution is -0.116. The summed E-state index contributed by atoms with van der Waals surface area (Å²) in [4.78, 5) is 30.5. The van der Waals surface area contributed by atoms with Crippen LogP contribution in [0.5, 0.6) is 0 Å². The molecule has 1 N–H and O–H groups in total. The molecule has 1 amide bonds. The maximum Gasteiger partial charge on any atom is 0.262 e. The molecule has 4 aromatic rings. The van der Waals surface area contributed by atoms with Gasteiger partial charge < -0.3 is 5.32 Å². The van der Waals surface area contributed by atoms with Gasteiger partial charge in [0.25, 0.3) is 5.56 Å². The lowest BCUT2D eigenvalue weighted by Gasteiger charge is -2.06. The molecular formula is C21H19N5O2S2. The van der Waals surface area contributed by atoms with Gasteiger partial charge >= 0.3 is 0 Å². The molecule has 3 aromatic heterocycles. The zero-order valence-electron chi connectivity index (χ0n) is 16.3. The van der Waals surface area contributed by atoms with Gasteiger partial charge in [0, 0.05) is 29.8 Å². The predicted molar refractivity (Wildman–Crippen MR) is 119 cm³/mol. The number of fused-ring (bicyclic) bond motifs is 1. The fraction of sp³-hybridized carbons (Fsp3) is 0.286. The largest absolute Gasteiger partial charge is 0.300 e. The van der Waals surface area contributed by atoms with E-state index in [9.17, 15) is 9.59 Å². The van der Waals surface area contributed by atoms with Crippen molar-refractivity contribution in [3.8, 4) is 11.1 Å². The number of aromatic nitrogens is 4. The number of nitrogens with one attached hydrogen (secondary N) is 1. The molecule has 1 aliphatic carbocycles. The minimum absolute atomic E-state index is 0.128. The minimum atomic E-state index is -0.190. The average Bonchev–Trinajstić information content (AvgIpc) is 3.33. The summed E-state index contributed by atoms with van der Waals surface area (Å²) in [5, 5.41) is 15.0. The SMILES string of the molecule is Cc1ccc(-c2csc3ncn(CCC(=O)Nc4nnc(C5CC5)s4)c(=O)c23)cc1. The minimum Gasteiger partial charge on any atom is -0.300 e. The zero-order chi connectivity index (χ0) is 20.7. The van der Waals surface area contributed by atoms with Crippen molar-refractivity contribution >= 4 is 43.9 Å². The van der Waals surface area contributed by atoms with Gasteiger partial charge in [0.1, 0.15) is 9.84 Å². The van der Waals surface area contributed by atoms with Crippen molar-refractivity contribution in [2.24, 2.45) is 0 Å². The van der Waals surface area contributed by atoms with E-state index in [1.54, 1.807) is 0 Å². The van der Waals surface area contributed by atoms with E-state index in [4.69, 9.17) is 0 Å². The summed E-state index contributed by atoms with van der Waals surface area (Å²) in [5.41, 5.74) is 2.91. The number of hydrogen-bond acceptors (Lipinski definition) is 7. The van der Waals surface area contributed by atoms with Gasteiger partial charge in [0.15, 0.2) is 0 Å². The molecule has 0 saturated heterocycles. The summed E-state index contributed by atoms with van der Waals surface area (Å²) >= 11 is 2.88. The van der Waals surface area contributed by atoms with E-state index in [0.717, 1.165) is 29.0 Å². The lowest BCUT2D eigenvalue weighted by atomic mass is 10.1. The van der Waals surface area contributed by atoms with Gasteiger partial charge in [-0.3, -0.25) is 14.2 Å². The first-order chi connectivity index (χ1) is 14.6. The van der Waals surface area contributed by atoms with Gasteiger partial charge in [0.05, 0.1) is 11.7 Å². The first-order valence-electron chi connectivity index (χ1n) is 9.75. The van der Waals surface area contributed by atoms with Crippen LogP contribution in [0.25, 0.3) is 21.3 Å². The number of rotatable bonds is 6. The molecule has 1 fully saturated rings. The van der Waals surface area contributed by atoms with Crippen LogP contribution < -0.4 is 10.9 Å². The van der Waals surface area contributed by atoms with Gasteiger partial charge in [-0.1, -0.05) is 41.2 Å². The van der Waals surface area contributed by atoms with Gasteiger partial charge in [-0.15, -0.1) is 21.5 Å². The number of amides is 1. The molecule has 0 aliphatic heterocycles. The van der Waals surface area contributed by atoms with Gasteiger partial charge in [0.2, 0.25) is 11.0 Å². The number of thiophene rings is 1. The highest BCUT2D eigenvalue weighted by Crippen LogP contribution is 2.42. The fourth-order valence-corrected chi connectivity index (χ4v) is 5.09. The number of carbonyl (C=O) groups is 1. The summed E-state index contributed by atoms with van der Waals surface area (Å²) in [7, 11) is 0. The molecule has 1 aliphatic rings. The smallest absolute Gasteiger partial charge is 0.262 e. The third kappa shape index (κ3) is 3.78. The molecule has 5 rings (SSSR count). The molecular weight excluding hydrogens is 418 g/mol. The van der Waals surface area contributed by atoms with Crippen LogP contribution in [0.15, 0.2) is 40.8 Å². The lowest BCUT2D eigenvalue weighted by Crippen LogP contribution is -2.23. The van der Waals surface area contributed by atoms with Crippen molar-refractivity contribution in [1.82, 2.24) is 19.7 Å². The fourth-order valence-electron chi connectivity index (χ4n) is 3.26. The molecule has 0 radical (unpaired) electrons. The zero-order valence-corrected chi connectivity index (χ0v) is 17.9. The molecule has 1 saturated carbocycles. The number of benzene rings is 1. The Bertz CT molecular complexity index is 1280.